The first-order chi connectivity index (χ1) is 10.3. The fourth-order valence-corrected chi connectivity index (χ4v) is 3.50. The summed E-state index contributed by atoms with van der Waals surface area (Å²) >= 11 is 0. The first kappa shape index (κ1) is 16.7. The van der Waals surface area contributed by atoms with Gasteiger partial charge < -0.3 is 14.6 Å². The molecule has 2 rings (SSSR count). The maximum atomic E-state index is 11.7. The van der Waals surface area contributed by atoms with Crippen LogP contribution in [0, 0.1) is 11.8 Å². The molecule has 0 aromatic carbocycles. The molecule has 0 saturated carbocycles. The average Bonchev–Trinajstić information content (AvgIpc) is 2.67. The molecule has 1 heterocycles. The molecule has 0 unspecified atom stereocenters. The summed E-state index contributed by atoms with van der Waals surface area (Å²) in [6.45, 7) is 9.53. The van der Waals surface area contributed by atoms with Crippen molar-refractivity contribution in [3.63, 3.8) is 0 Å². The van der Waals surface area contributed by atoms with E-state index < -0.39 is 12.1 Å². The lowest BCUT2D eigenvalue weighted by Gasteiger charge is -2.26. The molecule has 1 saturated heterocycles. The summed E-state index contributed by atoms with van der Waals surface area (Å²) in [5, 5.41) is 10.6. The normalized spacial score (nSPS) is 31.6. The molecule has 0 spiro atoms. The second kappa shape index (κ2) is 6.65. The molecule has 4 atom stereocenters. The second-order valence-electron chi connectivity index (χ2n) is 6.23. The molecule has 0 radical (unpaired) electrons. The third kappa shape index (κ3) is 3.24. The Labute approximate surface area is 131 Å². The average molecular weight is 308 g/mol. The highest BCUT2D eigenvalue weighted by atomic mass is 16.6. The molecule has 1 aliphatic heterocycles. The van der Waals surface area contributed by atoms with Crippen LogP contribution in [0.3, 0.4) is 0 Å². The summed E-state index contributed by atoms with van der Waals surface area (Å²) in [5.74, 6) is -1.08. The Kier molecular flexibility index (Phi) is 5.06. The highest BCUT2D eigenvalue weighted by Gasteiger charge is 2.46. The third-order valence-electron chi connectivity index (χ3n) is 4.70. The molecular formula is C17H24O5. The Hall–Kier alpha value is -1.62. The Balaban J connectivity index is 2.10. The van der Waals surface area contributed by atoms with Gasteiger partial charge in [-0.15, -0.1) is 0 Å². The summed E-state index contributed by atoms with van der Waals surface area (Å²) in [5.41, 5.74) is 2.68. The van der Waals surface area contributed by atoms with Gasteiger partial charge in [0.1, 0.15) is 6.10 Å². The van der Waals surface area contributed by atoms with Crippen molar-refractivity contribution in [2.75, 3.05) is 6.61 Å². The number of carbonyl (C=O) groups excluding carboxylic acids is 2. The number of rotatable bonds is 4. The second-order valence-corrected chi connectivity index (χ2v) is 6.23. The van der Waals surface area contributed by atoms with Crippen LogP contribution >= 0.6 is 0 Å². The van der Waals surface area contributed by atoms with Crippen molar-refractivity contribution in [2.45, 2.75) is 52.2 Å². The SMILES string of the molecule is C=C1C(=O)O[C@@H]2CC(C)=C(CCCOC(C)=O)[C@H](C)[C@H](O)[C@@H]12. The summed E-state index contributed by atoms with van der Waals surface area (Å²) in [6.07, 6.45) is 1.12. The van der Waals surface area contributed by atoms with Gasteiger partial charge in [-0.3, -0.25) is 4.79 Å². The zero-order valence-corrected chi connectivity index (χ0v) is 13.4. The van der Waals surface area contributed by atoms with Crippen LogP contribution < -0.4 is 0 Å². The fraction of sp³-hybridized carbons (Fsp3) is 0.647. The van der Waals surface area contributed by atoms with Gasteiger partial charge in [0.25, 0.3) is 0 Å². The van der Waals surface area contributed by atoms with Gasteiger partial charge in [0.05, 0.1) is 18.6 Å². The van der Waals surface area contributed by atoms with E-state index in [2.05, 4.69) is 6.58 Å². The predicted octanol–water partition coefficient (Wildman–Crippen LogP) is 2.14. The zero-order chi connectivity index (χ0) is 16.4. The molecule has 1 N–H and O–H groups in total. The van der Waals surface area contributed by atoms with E-state index in [-0.39, 0.29) is 23.9 Å². The van der Waals surface area contributed by atoms with Crippen molar-refractivity contribution in [1.29, 1.82) is 0 Å². The van der Waals surface area contributed by atoms with E-state index in [4.69, 9.17) is 9.47 Å². The Morgan fingerprint density at radius 3 is 2.82 bits per heavy atom. The summed E-state index contributed by atoms with van der Waals surface area (Å²) in [4.78, 5) is 22.5. The van der Waals surface area contributed by atoms with Gasteiger partial charge in [0.15, 0.2) is 0 Å². The number of aliphatic hydroxyl groups is 1. The number of aliphatic hydroxyl groups excluding tert-OH is 1. The van der Waals surface area contributed by atoms with E-state index in [0.29, 0.717) is 18.6 Å². The Morgan fingerprint density at radius 1 is 1.50 bits per heavy atom. The lowest BCUT2D eigenvalue weighted by atomic mass is 9.82. The van der Waals surface area contributed by atoms with Crippen LogP contribution in [0.25, 0.3) is 0 Å². The molecule has 2 aliphatic rings. The molecule has 122 valence electrons. The highest BCUT2D eigenvalue weighted by Crippen LogP contribution is 2.42. The maximum absolute atomic E-state index is 11.7. The van der Waals surface area contributed by atoms with Crippen LogP contribution in [0.2, 0.25) is 0 Å². The highest BCUT2D eigenvalue weighted by molar-refractivity contribution is 5.91. The largest absolute Gasteiger partial charge is 0.466 e. The van der Waals surface area contributed by atoms with Gasteiger partial charge in [0.2, 0.25) is 0 Å². The molecule has 0 aromatic heterocycles. The topological polar surface area (TPSA) is 72.8 Å². The van der Waals surface area contributed by atoms with Crippen LogP contribution in [-0.2, 0) is 19.1 Å². The van der Waals surface area contributed by atoms with E-state index in [0.717, 1.165) is 24.0 Å². The molecule has 5 nitrogen and oxygen atoms in total. The number of hydrogen-bond donors (Lipinski definition) is 1. The summed E-state index contributed by atoms with van der Waals surface area (Å²) < 4.78 is 10.3. The van der Waals surface area contributed by atoms with Gasteiger partial charge in [-0.2, -0.15) is 0 Å². The Bertz CT molecular complexity index is 519. The van der Waals surface area contributed by atoms with Crippen molar-refractivity contribution < 1.29 is 24.2 Å². The van der Waals surface area contributed by atoms with Crippen molar-refractivity contribution >= 4 is 11.9 Å². The maximum Gasteiger partial charge on any atom is 0.334 e. The van der Waals surface area contributed by atoms with E-state index >= 15 is 0 Å². The van der Waals surface area contributed by atoms with Crippen molar-refractivity contribution in [3.8, 4) is 0 Å². The summed E-state index contributed by atoms with van der Waals surface area (Å²) in [7, 11) is 0. The molecule has 1 aliphatic carbocycles. The van der Waals surface area contributed by atoms with E-state index in [1.165, 1.54) is 6.92 Å². The quantitative estimate of drug-likeness (QED) is 0.373. The van der Waals surface area contributed by atoms with E-state index in [9.17, 15) is 14.7 Å². The minimum atomic E-state index is -0.676. The fourth-order valence-electron chi connectivity index (χ4n) is 3.50. The number of fused-ring (bicyclic) bond motifs is 1. The predicted molar refractivity (Wildman–Crippen MR) is 80.9 cm³/mol. The molecule has 5 heteroatoms. The van der Waals surface area contributed by atoms with Crippen LogP contribution in [-0.4, -0.2) is 35.9 Å². The summed E-state index contributed by atoms with van der Waals surface area (Å²) in [6, 6.07) is 0. The van der Waals surface area contributed by atoms with Gasteiger partial charge in [-0.25, -0.2) is 4.79 Å². The monoisotopic (exact) mass is 308 g/mol. The van der Waals surface area contributed by atoms with Gasteiger partial charge in [-0.1, -0.05) is 24.6 Å². The minimum absolute atomic E-state index is 0.0708. The first-order valence-electron chi connectivity index (χ1n) is 7.72. The molecule has 0 amide bonds. The van der Waals surface area contributed by atoms with Crippen LogP contribution in [0.5, 0.6) is 0 Å². The van der Waals surface area contributed by atoms with Crippen LogP contribution in [0.4, 0.5) is 0 Å². The molecule has 0 aromatic rings. The van der Waals surface area contributed by atoms with Gasteiger partial charge in [-0.05, 0) is 19.8 Å². The zero-order valence-electron chi connectivity index (χ0n) is 13.4. The minimum Gasteiger partial charge on any atom is -0.466 e. The number of esters is 2. The molecule has 1 fully saturated rings. The Morgan fingerprint density at radius 2 is 2.18 bits per heavy atom. The first-order valence-corrected chi connectivity index (χ1v) is 7.72. The molecule has 0 bridgehead atoms. The van der Waals surface area contributed by atoms with Crippen molar-refractivity contribution in [2.24, 2.45) is 11.8 Å². The molecule has 22 heavy (non-hydrogen) atoms. The third-order valence-corrected chi connectivity index (χ3v) is 4.70. The standard InChI is InChI=1S/C17H24O5/c1-9-8-14-15(11(3)17(20)22-14)16(19)10(2)13(9)6-5-7-21-12(4)18/h10,14-16,19H,3,5-8H2,1-2,4H3/t10-,14+,15-,16-/m0/s1. The van der Waals surface area contributed by atoms with E-state index in [1.807, 2.05) is 13.8 Å². The molecular weight excluding hydrogens is 284 g/mol. The number of ether oxygens (including phenoxy) is 2. The van der Waals surface area contributed by atoms with Gasteiger partial charge >= 0.3 is 11.9 Å². The van der Waals surface area contributed by atoms with Crippen molar-refractivity contribution in [1.82, 2.24) is 0 Å². The van der Waals surface area contributed by atoms with E-state index in [1.54, 1.807) is 0 Å². The van der Waals surface area contributed by atoms with Crippen LogP contribution in [0.1, 0.15) is 40.0 Å². The van der Waals surface area contributed by atoms with Gasteiger partial charge in [0, 0.05) is 24.8 Å². The number of hydrogen-bond acceptors (Lipinski definition) is 5. The van der Waals surface area contributed by atoms with Crippen molar-refractivity contribution in [3.05, 3.63) is 23.3 Å². The lowest BCUT2D eigenvalue weighted by Crippen LogP contribution is -2.32. The number of carbonyl (C=O) groups is 2. The smallest absolute Gasteiger partial charge is 0.334 e. The van der Waals surface area contributed by atoms with Crippen LogP contribution in [0.15, 0.2) is 23.3 Å². The lowest BCUT2D eigenvalue weighted by molar-refractivity contribution is -0.141.